The van der Waals surface area contributed by atoms with Crippen molar-refractivity contribution < 1.29 is 0 Å². The van der Waals surface area contributed by atoms with Gasteiger partial charge in [0.2, 0.25) is 0 Å². The van der Waals surface area contributed by atoms with Gasteiger partial charge in [-0.1, -0.05) is 121 Å². The molecule has 2 heterocycles. The molecule has 336 valence electrons. The molecule has 0 fully saturated rings. The molecule has 0 N–H and O–H groups in total. The van der Waals surface area contributed by atoms with Crippen LogP contribution in [0.4, 0.5) is 0 Å². The Labute approximate surface area is 402 Å². The predicted molar refractivity (Wildman–Crippen MR) is 287 cm³/mol. The van der Waals surface area contributed by atoms with E-state index in [1.807, 2.05) is 6.20 Å². The molecule has 0 saturated heterocycles. The lowest BCUT2D eigenvalue weighted by Gasteiger charge is -2.27. The van der Waals surface area contributed by atoms with Crippen LogP contribution >= 0.6 is 0 Å². The Bertz CT molecular complexity index is 3370. The van der Waals surface area contributed by atoms with Gasteiger partial charge in [-0.2, -0.15) is 0 Å². The Hall–Kier alpha value is -6.38. The van der Waals surface area contributed by atoms with Crippen LogP contribution in [0.2, 0.25) is 0 Å². The molecule has 0 bridgehead atoms. The molecule has 1 aromatic heterocycles. The third kappa shape index (κ3) is 7.29. The number of aliphatic imine (C=N–C) groups is 1. The van der Waals surface area contributed by atoms with Gasteiger partial charge in [0, 0.05) is 11.9 Å². The van der Waals surface area contributed by atoms with Crippen LogP contribution in [-0.2, 0) is 6.42 Å². The molecular weight excluding hydrogens is 821 g/mol. The molecule has 0 saturated carbocycles. The minimum Gasteiger partial charge on any atom is -0.254 e. The maximum atomic E-state index is 5.51. The molecule has 0 radical (unpaired) electrons. The van der Waals surface area contributed by atoms with Gasteiger partial charge < -0.3 is 0 Å². The highest BCUT2D eigenvalue weighted by molar-refractivity contribution is 6.21. The van der Waals surface area contributed by atoms with Crippen molar-refractivity contribution in [1.29, 1.82) is 0 Å². The molecule has 7 aliphatic carbocycles. The number of rotatable bonds is 7. The zero-order valence-corrected chi connectivity index (χ0v) is 39.7. The van der Waals surface area contributed by atoms with Crippen molar-refractivity contribution in [1.82, 2.24) is 4.98 Å². The van der Waals surface area contributed by atoms with Crippen molar-refractivity contribution in [3.63, 3.8) is 0 Å². The number of aromatic nitrogens is 1. The number of pyridine rings is 1. The van der Waals surface area contributed by atoms with E-state index in [0.717, 1.165) is 88.4 Å². The summed E-state index contributed by atoms with van der Waals surface area (Å²) in [5.41, 5.74) is 26.3. The van der Waals surface area contributed by atoms with E-state index in [0.29, 0.717) is 0 Å². The summed E-state index contributed by atoms with van der Waals surface area (Å²) in [5, 5.41) is 8.44. The highest BCUT2D eigenvalue weighted by atomic mass is 14.8. The van der Waals surface area contributed by atoms with Crippen molar-refractivity contribution in [2.75, 3.05) is 0 Å². The van der Waals surface area contributed by atoms with Gasteiger partial charge >= 0.3 is 0 Å². The van der Waals surface area contributed by atoms with Gasteiger partial charge in [0.05, 0.1) is 11.4 Å². The lowest BCUT2D eigenvalue weighted by Crippen LogP contribution is -2.35. The molecule has 68 heavy (non-hydrogen) atoms. The summed E-state index contributed by atoms with van der Waals surface area (Å²) < 4.78 is 0. The van der Waals surface area contributed by atoms with Gasteiger partial charge in [0.1, 0.15) is 0 Å². The summed E-state index contributed by atoms with van der Waals surface area (Å²) in [5.74, 6) is 0. The first-order chi connectivity index (χ1) is 33.8. The number of hydrogen-bond donors (Lipinski definition) is 0. The maximum absolute atomic E-state index is 5.51. The van der Waals surface area contributed by atoms with Crippen LogP contribution in [0.3, 0.4) is 0 Å². The first-order valence-corrected chi connectivity index (χ1v) is 26.4. The largest absolute Gasteiger partial charge is 0.254 e. The van der Waals surface area contributed by atoms with Gasteiger partial charge in [-0.05, 0) is 250 Å². The number of hydrogen-bond acceptors (Lipinski definition) is 2. The number of fused-ring (bicyclic) bond motifs is 5. The van der Waals surface area contributed by atoms with Crippen LogP contribution in [0, 0.1) is 0 Å². The topological polar surface area (TPSA) is 25.2 Å². The molecule has 2 heteroatoms. The Kier molecular flexibility index (Phi) is 11.0. The normalized spacial score (nSPS) is 20.9. The van der Waals surface area contributed by atoms with E-state index in [4.69, 9.17) is 9.98 Å². The van der Waals surface area contributed by atoms with E-state index in [1.54, 1.807) is 39.0 Å². The van der Waals surface area contributed by atoms with Crippen LogP contribution in [0.5, 0.6) is 0 Å². The van der Waals surface area contributed by atoms with Gasteiger partial charge in [0.15, 0.2) is 0 Å². The quantitative estimate of drug-likeness (QED) is 0.150. The van der Waals surface area contributed by atoms with Crippen LogP contribution in [0.25, 0.3) is 49.5 Å². The maximum Gasteiger partial charge on any atom is 0.0917 e. The summed E-state index contributed by atoms with van der Waals surface area (Å²) in [7, 11) is 0. The SMILES string of the molecule is C1=CCCCC(c2c3ccccc3c(C3=C(C4=CCCCC4)C(C4=CCCCC4)=C(C4=CCCC(C5=c6ccccc6=C(C6=NC7=C(CC6)CCc6cccnc67)CC5)=C4)C3)c3ccccc23)=C1. The molecule has 4 aromatic carbocycles. The highest BCUT2D eigenvalue weighted by Gasteiger charge is 2.35. The average molecular weight is 883 g/mol. The predicted octanol–water partition coefficient (Wildman–Crippen LogP) is 16.0. The second-order valence-electron chi connectivity index (χ2n) is 20.6. The molecule has 5 aromatic rings. The average Bonchev–Trinajstić information content (AvgIpc) is 3.60. The number of allylic oxidation sites excluding steroid dienone is 17. The van der Waals surface area contributed by atoms with Crippen molar-refractivity contribution in [2.45, 2.75) is 128 Å². The van der Waals surface area contributed by atoms with Crippen molar-refractivity contribution in [3.05, 3.63) is 211 Å². The van der Waals surface area contributed by atoms with Gasteiger partial charge in [0.25, 0.3) is 0 Å². The molecule has 0 amide bonds. The second kappa shape index (κ2) is 17.9. The molecule has 0 spiro atoms. The van der Waals surface area contributed by atoms with Gasteiger partial charge in [-0.25, -0.2) is 0 Å². The number of nitrogens with zero attached hydrogens (tertiary/aromatic N) is 2. The fourth-order valence-electron chi connectivity index (χ4n) is 13.5. The Morgan fingerprint density at radius 1 is 0.441 bits per heavy atom. The summed E-state index contributed by atoms with van der Waals surface area (Å²) in [6, 6.07) is 32.5. The lowest BCUT2D eigenvalue weighted by atomic mass is 9.79. The summed E-state index contributed by atoms with van der Waals surface area (Å²) in [6.07, 6.45) is 42.4. The molecule has 1 aliphatic heterocycles. The Morgan fingerprint density at radius 2 is 1.10 bits per heavy atom. The first-order valence-electron chi connectivity index (χ1n) is 26.4. The van der Waals surface area contributed by atoms with E-state index < -0.39 is 0 Å². The zero-order chi connectivity index (χ0) is 45.0. The minimum absolute atomic E-state index is 0.966. The van der Waals surface area contributed by atoms with Crippen LogP contribution in [0.1, 0.15) is 144 Å². The van der Waals surface area contributed by atoms with Gasteiger partial charge in [-0.3, -0.25) is 9.98 Å². The monoisotopic (exact) mass is 882 g/mol. The number of benzene rings is 4. The third-order valence-electron chi connectivity index (χ3n) is 16.7. The van der Waals surface area contributed by atoms with Crippen molar-refractivity contribution in [2.24, 2.45) is 4.99 Å². The summed E-state index contributed by atoms with van der Waals surface area (Å²) >= 11 is 0. The fraction of sp³-hybridized carbons (Fsp3) is 0.303. The smallest absolute Gasteiger partial charge is 0.0917 e. The van der Waals surface area contributed by atoms with E-state index in [2.05, 4.69) is 127 Å². The van der Waals surface area contributed by atoms with Gasteiger partial charge in [-0.15, -0.1) is 0 Å². The molecule has 2 nitrogen and oxygen atoms in total. The first kappa shape index (κ1) is 41.8. The zero-order valence-electron chi connectivity index (χ0n) is 39.7. The second-order valence-corrected chi connectivity index (χ2v) is 20.6. The van der Waals surface area contributed by atoms with Crippen molar-refractivity contribution >= 4 is 55.2 Å². The number of aryl methyl sites for hydroxylation is 1. The summed E-state index contributed by atoms with van der Waals surface area (Å²) in [4.78, 5) is 10.4. The standard InChI is InChI=1S/C66H62N2/c1-2-6-20-43(19-5-1)61-54-30-13-15-32-56(54)64(57-33-16-14-31-55(57)61)59-42-58(62(44-21-7-3-8-22-44)63(59)45-23-9-4-10-24-45)49-26-17-25-48(41-49)50-37-38-53(52-29-12-11-28-51(50)52)60-39-36-47-35-34-46-27-18-40-67-65(46)66(47)68-60/h1,5,11-16,18-19,21,23,26-33,40-41H,2-4,6-10,17,20,22,24-25,34-39,42H2. The van der Waals surface area contributed by atoms with E-state index in [1.165, 1.54) is 134 Å². The van der Waals surface area contributed by atoms with Crippen molar-refractivity contribution in [3.8, 4) is 0 Å². The lowest BCUT2D eigenvalue weighted by molar-refractivity contribution is 0.697. The molecule has 8 aliphatic rings. The molecule has 13 rings (SSSR count). The van der Waals surface area contributed by atoms with Crippen LogP contribution < -0.4 is 10.4 Å². The molecule has 0 atom stereocenters. The third-order valence-corrected chi connectivity index (χ3v) is 16.7. The Morgan fingerprint density at radius 3 is 1.84 bits per heavy atom. The van der Waals surface area contributed by atoms with E-state index in [9.17, 15) is 0 Å². The highest BCUT2D eigenvalue weighted by Crippen LogP contribution is 2.54. The van der Waals surface area contributed by atoms with E-state index in [-0.39, 0.29) is 0 Å². The molecular formula is C66H62N2. The fourth-order valence-corrected chi connectivity index (χ4v) is 13.5. The minimum atomic E-state index is 0.966. The van der Waals surface area contributed by atoms with Crippen LogP contribution in [0.15, 0.2) is 183 Å². The Balaban J connectivity index is 0.977. The van der Waals surface area contributed by atoms with E-state index >= 15 is 0 Å². The van der Waals surface area contributed by atoms with Crippen LogP contribution in [-0.4, -0.2) is 10.7 Å². The molecule has 0 unspecified atom stereocenters. The summed E-state index contributed by atoms with van der Waals surface area (Å²) in [6.45, 7) is 0.